The third-order valence-corrected chi connectivity index (χ3v) is 25.1. The molecule has 0 aliphatic carbocycles. The summed E-state index contributed by atoms with van der Waals surface area (Å²) < 4.78 is 108. The minimum Gasteiger partial charge on any atom is -0.494 e. The molecule has 12 N–H and O–H groups in total. The van der Waals surface area contributed by atoms with Gasteiger partial charge in [0.1, 0.15) is 56.8 Å². The monoisotopic (exact) mass is 1860 g/mol. The van der Waals surface area contributed by atoms with Crippen LogP contribution in [0.5, 0.6) is 11.5 Å². The summed E-state index contributed by atoms with van der Waals surface area (Å²) in [6.07, 6.45) is 16.8. The molecule has 4 aliphatic heterocycles. The molecule has 16 aromatic rings. The molecule has 20 rings (SSSR count). The van der Waals surface area contributed by atoms with Crippen LogP contribution in [0.4, 0.5) is 72.9 Å². The first-order chi connectivity index (χ1) is 63.9. The van der Waals surface area contributed by atoms with Gasteiger partial charge in [-0.15, -0.1) is 20.4 Å². The number of methoxy groups -OCH3 is 2. The van der Waals surface area contributed by atoms with Crippen LogP contribution in [-0.2, 0) is 24.2 Å². The number of hydrogen-bond donors (Lipinski definition) is 8. The highest BCUT2D eigenvalue weighted by atomic mass is 19.2. The largest absolute Gasteiger partial charge is 0.494 e. The second-order valence-corrected chi connectivity index (χ2v) is 39.1. The second kappa shape index (κ2) is 36.0. The zero-order chi connectivity index (χ0) is 96.2. The van der Waals surface area contributed by atoms with Gasteiger partial charge in [0, 0.05) is 125 Å². The summed E-state index contributed by atoms with van der Waals surface area (Å²) in [4.78, 5) is 44.8. The minimum absolute atomic E-state index is 0.00351. The molecule has 0 bridgehead atoms. The van der Waals surface area contributed by atoms with Crippen LogP contribution >= 0.6 is 0 Å². The van der Waals surface area contributed by atoms with Crippen molar-refractivity contribution in [1.82, 2.24) is 117 Å². The normalized spacial score (nSPS) is 19.4. The molecule has 4 saturated heterocycles. The Hall–Kier alpha value is -13.6. The molecule has 12 aromatic heterocycles. The SMILES string of the molecule is COc1cc(F)cc2c1nc(N)n1nc([C@@H]3C[C@H](C)CN(c4cnn(C(C)(C)CO)c4)C3)nc21.COc1cc(F)cc2c1nc(N)n1nc([C@H]3C[C@@H](C)CN(c4cnn(C(C)(C)CO)c4)C3)nc21.C[C@H]1C[C@@H](c2nc3c4cc(F)cc(F)c4nc(N)n3n2)CN(c2cnn(CC(C)(C)O)c2)C1.Cc1nn(CC(C)(C)O)cc1N1C[C@H](C)C[C@H](c2nc3c4cc(F)cc(F)c4nc(N)n3n2)C1. The van der Waals surface area contributed by atoms with Crippen molar-refractivity contribution in [2.24, 2.45) is 23.7 Å². The Kier molecular flexibility index (Phi) is 24.8. The van der Waals surface area contributed by atoms with Crippen molar-refractivity contribution in [1.29, 1.82) is 0 Å². The molecule has 0 spiro atoms. The highest BCUT2D eigenvalue weighted by Crippen LogP contribution is 2.42. The maximum Gasteiger partial charge on any atom is 0.223 e. The third kappa shape index (κ3) is 19.1. The summed E-state index contributed by atoms with van der Waals surface area (Å²) in [6, 6.07) is 9.28. The molecule has 4 aromatic carbocycles. The number of aliphatic hydroxyl groups excluding tert-OH is 2. The topological polar surface area (TPSA) is 460 Å². The van der Waals surface area contributed by atoms with Gasteiger partial charge >= 0.3 is 0 Å². The van der Waals surface area contributed by atoms with Crippen molar-refractivity contribution >= 4 is 113 Å². The molecular formula is C91H112F6N32O6. The molecule has 0 saturated carbocycles. The van der Waals surface area contributed by atoms with Crippen LogP contribution in [0.15, 0.2) is 91.9 Å². The van der Waals surface area contributed by atoms with E-state index in [1.54, 1.807) is 52.6 Å². The van der Waals surface area contributed by atoms with Crippen molar-refractivity contribution < 1.29 is 56.2 Å². The van der Waals surface area contributed by atoms with Crippen LogP contribution in [0.2, 0.25) is 0 Å². The standard InChI is InChI=1S/C23H28F2N8O.2C23H29FN8O2.C22H26F2N8O/c1-12-5-14(9-31(8-12)18-10-32(29-13(18)2)11-23(3,4)34)20-28-21-16-6-15(24)7-17(25)19(16)27-22(26)33(21)30-20;2*1-13-5-14(10-30(9-13)16-8-26-31(11-16)23(2,3)12-33)20-28-21-17-6-15(24)7-18(34-4)19(17)27-22(25)32(21)29-20;1-12-4-13(9-30(8-12)15-7-26-31(10-15)11-22(2,3)33)19-28-20-16-5-14(23)6-17(24)18(16)27-21(25)32(20)29-19/h6-7,10,12,14,34H,5,8-9,11H2,1-4H3,(H2,26,27);2*6-8,11,13-14,33H,5,9-10,12H2,1-4H3,(H2,25,27);5-7,10,12-13,33H,4,8-9,11H2,1-3H3,(H2,25,27)/t12-,14+;2*13-,14+;12-,13+/m1100/s1. The van der Waals surface area contributed by atoms with E-state index in [0.717, 1.165) is 92.4 Å². The van der Waals surface area contributed by atoms with E-state index in [1.165, 1.54) is 68.7 Å². The van der Waals surface area contributed by atoms with Crippen LogP contribution in [0.1, 0.15) is 161 Å². The molecule has 4 aliphatic rings. The Morgan fingerprint density at radius 3 is 1.02 bits per heavy atom. The summed E-state index contributed by atoms with van der Waals surface area (Å²) in [7, 11) is 2.93. The van der Waals surface area contributed by atoms with Crippen LogP contribution in [0, 0.1) is 65.5 Å². The smallest absolute Gasteiger partial charge is 0.223 e. The van der Waals surface area contributed by atoms with Crippen molar-refractivity contribution in [2.75, 3.05) is 122 Å². The molecule has 4 fully saturated rings. The predicted molar refractivity (Wildman–Crippen MR) is 498 cm³/mol. The number of hydrogen-bond acceptors (Lipinski definition) is 30. The minimum atomic E-state index is -0.871. The van der Waals surface area contributed by atoms with Gasteiger partial charge in [0.15, 0.2) is 57.5 Å². The number of aliphatic hydroxyl groups is 4. The average Bonchev–Trinajstić information content (AvgIpc) is 1.66. The number of ether oxygens (including phenoxy) is 2. The van der Waals surface area contributed by atoms with Gasteiger partial charge in [-0.1, -0.05) is 27.7 Å². The number of halogens is 6. The molecule has 16 heterocycles. The lowest BCUT2D eigenvalue weighted by Gasteiger charge is -2.36. The molecule has 0 amide bonds. The van der Waals surface area contributed by atoms with E-state index < -0.39 is 57.2 Å². The lowest BCUT2D eigenvalue weighted by atomic mass is 9.89. The van der Waals surface area contributed by atoms with Gasteiger partial charge in [-0.2, -0.15) is 38.5 Å². The molecule has 0 radical (unpaired) electrons. The molecule has 8 atom stereocenters. The lowest BCUT2D eigenvalue weighted by molar-refractivity contribution is 0.0570. The zero-order valence-electron chi connectivity index (χ0n) is 77.8. The van der Waals surface area contributed by atoms with Gasteiger partial charge in [0.25, 0.3) is 0 Å². The number of nitrogen functional groups attached to an aromatic ring is 4. The van der Waals surface area contributed by atoms with E-state index in [0.29, 0.717) is 131 Å². The summed E-state index contributed by atoms with van der Waals surface area (Å²) in [6.45, 7) is 32.3. The number of benzene rings is 4. The fraction of sp³-hybridized carbons (Fsp3) is 0.473. The molecular weight excluding hydrogens is 1750 g/mol. The zero-order valence-corrected chi connectivity index (χ0v) is 77.8. The molecule has 38 nitrogen and oxygen atoms in total. The van der Waals surface area contributed by atoms with E-state index in [2.05, 4.69) is 118 Å². The van der Waals surface area contributed by atoms with E-state index in [4.69, 9.17) is 42.4 Å². The first-order valence-electron chi connectivity index (χ1n) is 44.8. The Balaban J connectivity index is 0.000000125. The summed E-state index contributed by atoms with van der Waals surface area (Å²) in [5.74, 6) is 0.995. The molecule has 44 heteroatoms. The first-order valence-corrected chi connectivity index (χ1v) is 44.8. The Morgan fingerprint density at radius 2 is 0.681 bits per heavy atom. The van der Waals surface area contributed by atoms with Gasteiger partial charge in [-0.25, -0.2) is 66.2 Å². The molecule has 135 heavy (non-hydrogen) atoms. The Morgan fingerprint density at radius 1 is 0.378 bits per heavy atom. The third-order valence-electron chi connectivity index (χ3n) is 25.1. The van der Waals surface area contributed by atoms with E-state index >= 15 is 0 Å². The van der Waals surface area contributed by atoms with E-state index in [1.807, 2.05) is 71.8 Å². The number of aryl methyl sites for hydroxylation is 1. The van der Waals surface area contributed by atoms with Gasteiger partial charge in [-0.05, 0) is 136 Å². The fourth-order valence-corrected chi connectivity index (χ4v) is 18.8. The number of anilines is 8. The summed E-state index contributed by atoms with van der Waals surface area (Å²) in [5, 5.41) is 77.4. The van der Waals surface area contributed by atoms with Crippen LogP contribution in [0.3, 0.4) is 0 Å². The Labute approximate surface area is 770 Å². The van der Waals surface area contributed by atoms with Gasteiger partial charge in [0.2, 0.25) is 23.8 Å². The number of piperidine rings is 4. The first kappa shape index (κ1) is 93.2. The number of rotatable bonds is 18. The number of aromatic nitrogens is 24. The average molecular weight is 1860 g/mol. The van der Waals surface area contributed by atoms with Gasteiger partial charge in [-0.3, -0.25) is 18.7 Å². The molecule has 714 valence electrons. The maximum atomic E-state index is 14.3. The number of nitrogens with zero attached hydrogens (tertiary/aromatic N) is 28. The van der Waals surface area contributed by atoms with Gasteiger partial charge < -0.3 is 72.4 Å². The van der Waals surface area contributed by atoms with Crippen molar-refractivity contribution in [3.05, 3.63) is 156 Å². The summed E-state index contributed by atoms with van der Waals surface area (Å²) in [5.41, 5.74) is 28.9. The quantitative estimate of drug-likeness (QED) is 0.0370. The lowest BCUT2D eigenvalue weighted by Crippen LogP contribution is -2.39. The predicted octanol–water partition coefficient (Wildman–Crippen LogP) is 10.9. The highest BCUT2D eigenvalue weighted by molar-refractivity contribution is 5.98. The van der Waals surface area contributed by atoms with E-state index in [9.17, 15) is 46.8 Å². The maximum absolute atomic E-state index is 14.3. The van der Waals surface area contributed by atoms with Crippen molar-refractivity contribution in [2.45, 2.75) is 175 Å². The Bertz CT molecular complexity index is 6920. The van der Waals surface area contributed by atoms with Crippen LogP contribution in [-0.4, -0.2) is 229 Å². The van der Waals surface area contributed by atoms with Crippen molar-refractivity contribution in [3.63, 3.8) is 0 Å². The summed E-state index contributed by atoms with van der Waals surface area (Å²) >= 11 is 0. The van der Waals surface area contributed by atoms with Gasteiger partial charge in [0.05, 0.1) is 131 Å². The second-order valence-electron chi connectivity index (χ2n) is 39.1. The van der Waals surface area contributed by atoms with E-state index in [-0.39, 0.29) is 93.8 Å². The number of nitrogens with two attached hydrogens (primary N) is 4. The van der Waals surface area contributed by atoms with Crippen LogP contribution < -0.4 is 52.0 Å². The fourth-order valence-electron chi connectivity index (χ4n) is 18.8. The molecule has 0 unspecified atom stereocenters. The highest BCUT2D eigenvalue weighted by Gasteiger charge is 2.38. The van der Waals surface area contributed by atoms with Crippen molar-refractivity contribution in [3.8, 4) is 11.5 Å². The number of fused-ring (bicyclic) bond motifs is 12. The van der Waals surface area contributed by atoms with Crippen LogP contribution in [0.25, 0.3) is 66.2 Å².